The summed E-state index contributed by atoms with van der Waals surface area (Å²) in [4.78, 5) is 10.7. The molecule has 1 fully saturated rings. The Morgan fingerprint density at radius 1 is 1.32 bits per heavy atom. The summed E-state index contributed by atoms with van der Waals surface area (Å²) in [6.07, 6.45) is 12.2. The fourth-order valence-corrected chi connectivity index (χ4v) is 3.33. The fraction of sp³-hybridized carbons (Fsp3) is 0.421. The van der Waals surface area contributed by atoms with Crippen LogP contribution in [-0.4, -0.2) is 66.6 Å². The summed E-state index contributed by atoms with van der Waals surface area (Å²) in [6.45, 7) is 4.66. The molecule has 3 heterocycles. The Morgan fingerprint density at radius 2 is 2.18 bits per heavy atom. The van der Waals surface area contributed by atoms with Crippen molar-refractivity contribution >= 4 is 17.9 Å². The summed E-state index contributed by atoms with van der Waals surface area (Å²) in [7, 11) is 0. The first kappa shape index (κ1) is 18.5. The van der Waals surface area contributed by atoms with E-state index in [1.807, 2.05) is 12.3 Å². The highest BCUT2D eigenvalue weighted by atomic mass is 16.5. The number of nitrogen functional groups attached to an aromatic ring is 1. The van der Waals surface area contributed by atoms with Crippen molar-refractivity contribution in [2.24, 2.45) is 11.0 Å². The molecule has 1 aromatic rings. The molecule has 2 aliphatic heterocycles. The van der Waals surface area contributed by atoms with Gasteiger partial charge >= 0.3 is 6.01 Å². The maximum Gasteiger partial charge on any atom is 0.320 e. The number of nitrogens with zero attached hydrogens (tertiary/aromatic N) is 4. The third kappa shape index (κ3) is 4.68. The van der Waals surface area contributed by atoms with Crippen molar-refractivity contribution < 1.29 is 9.47 Å². The molecular formula is C19H25N7O2. The number of hydrogen-bond donors (Lipinski definition) is 3. The zero-order chi connectivity index (χ0) is 19.2. The summed E-state index contributed by atoms with van der Waals surface area (Å²) in [6, 6.07) is 2.17. The molecule has 0 amide bonds. The summed E-state index contributed by atoms with van der Waals surface area (Å²) in [5.74, 6) is 1.12. The van der Waals surface area contributed by atoms with Crippen molar-refractivity contribution in [3.05, 3.63) is 42.1 Å². The van der Waals surface area contributed by atoms with Gasteiger partial charge in [-0.25, -0.2) is 0 Å². The van der Waals surface area contributed by atoms with Crippen molar-refractivity contribution in [2.45, 2.75) is 6.04 Å². The van der Waals surface area contributed by atoms with Crippen LogP contribution < -0.4 is 21.2 Å². The molecule has 2 unspecified atom stereocenters. The molecule has 4 rings (SSSR count). The van der Waals surface area contributed by atoms with E-state index in [2.05, 4.69) is 48.9 Å². The first-order chi connectivity index (χ1) is 13.8. The van der Waals surface area contributed by atoms with Gasteiger partial charge in [-0.15, -0.1) is 0 Å². The Labute approximate surface area is 164 Å². The van der Waals surface area contributed by atoms with E-state index in [9.17, 15) is 0 Å². The number of morpholine rings is 1. The van der Waals surface area contributed by atoms with E-state index in [-0.39, 0.29) is 6.01 Å². The molecule has 28 heavy (non-hydrogen) atoms. The second-order valence-electron chi connectivity index (χ2n) is 6.77. The van der Waals surface area contributed by atoms with Crippen LogP contribution in [0.4, 0.5) is 11.6 Å². The topological polar surface area (TPSA) is 110 Å². The fourth-order valence-electron chi connectivity index (χ4n) is 3.33. The molecule has 1 aromatic heterocycles. The number of hydrazone groups is 1. The number of aromatic nitrogens is 2. The Hall–Kier alpha value is -2.91. The van der Waals surface area contributed by atoms with Gasteiger partial charge < -0.3 is 20.5 Å². The average Bonchev–Trinajstić information content (AvgIpc) is 3.12. The highest BCUT2D eigenvalue weighted by Crippen LogP contribution is 2.24. The van der Waals surface area contributed by atoms with Crippen LogP contribution in [0.5, 0.6) is 6.01 Å². The van der Waals surface area contributed by atoms with Gasteiger partial charge in [0.25, 0.3) is 0 Å². The van der Waals surface area contributed by atoms with Crippen LogP contribution >= 0.6 is 0 Å². The SMILES string of the molecule is Nc1cc(N/N=C/C2=CNC3C=CC=CC23)nc(OCCN2CCOCC2)n1. The summed E-state index contributed by atoms with van der Waals surface area (Å²) < 4.78 is 11.0. The predicted molar refractivity (Wildman–Crippen MR) is 108 cm³/mol. The zero-order valence-corrected chi connectivity index (χ0v) is 15.6. The van der Waals surface area contributed by atoms with Gasteiger partial charge in [0.2, 0.25) is 0 Å². The smallest absolute Gasteiger partial charge is 0.320 e. The molecule has 0 radical (unpaired) electrons. The van der Waals surface area contributed by atoms with Crippen molar-refractivity contribution in [2.75, 3.05) is 50.6 Å². The number of hydrogen-bond acceptors (Lipinski definition) is 9. The minimum atomic E-state index is 0.244. The van der Waals surface area contributed by atoms with E-state index in [1.165, 1.54) is 0 Å². The van der Waals surface area contributed by atoms with E-state index in [0.29, 0.717) is 30.2 Å². The molecule has 3 aliphatic rings. The van der Waals surface area contributed by atoms with Gasteiger partial charge in [-0.3, -0.25) is 10.3 Å². The number of anilines is 2. The lowest BCUT2D eigenvalue weighted by molar-refractivity contribution is 0.0317. The zero-order valence-electron chi connectivity index (χ0n) is 15.6. The van der Waals surface area contributed by atoms with Gasteiger partial charge in [0, 0.05) is 37.8 Å². The summed E-state index contributed by atoms with van der Waals surface area (Å²) >= 11 is 0. The molecule has 148 valence electrons. The number of nitrogens with one attached hydrogen (secondary N) is 2. The molecule has 0 bridgehead atoms. The van der Waals surface area contributed by atoms with Crippen LogP contribution in [0.1, 0.15) is 0 Å². The van der Waals surface area contributed by atoms with Gasteiger partial charge in [-0.2, -0.15) is 15.1 Å². The third-order valence-electron chi connectivity index (χ3n) is 4.82. The molecule has 9 heteroatoms. The first-order valence-corrected chi connectivity index (χ1v) is 9.45. The number of fused-ring (bicyclic) bond motifs is 1. The second kappa shape index (κ2) is 8.85. The monoisotopic (exact) mass is 383 g/mol. The Balaban J connectivity index is 1.29. The molecule has 1 aliphatic carbocycles. The van der Waals surface area contributed by atoms with Gasteiger partial charge in [-0.05, 0) is 5.57 Å². The molecule has 9 nitrogen and oxygen atoms in total. The van der Waals surface area contributed by atoms with E-state index in [1.54, 1.807) is 12.3 Å². The highest BCUT2D eigenvalue weighted by Gasteiger charge is 2.25. The maximum atomic E-state index is 5.87. The molecule has 0 spiro atoms. The van der Waals surface area contributed by atoms with Gasteiger partial charge in [0.15, 0.2) is 5.82 Å². The lowest BCUT2D eigenvalue weighted by Gasteiger charge is -2.26. The molecule has 1 saturated heterocycles. The molecular weight excluding hydrogens is 358 g/mol. The quantitative estimate of drug-likeness (QED) is 0.468. The van der Waals surface area contributed by atoms with Crippen LogP contribution in [0.25, 0.3) is 0 Å². The van der Waals surface area contributed by atoms with Crippen LogP contribution in [-0.2, 0) is 4.74 Å². The Bertz CT molecular complexity index is 799. The van der Waals surface area contributed by atoms with Crippen LogP contribution in [0.15, 0.2) is 47.2 Å². The van der Waals surface area contributed by atoms with E-state index in [0.717, 1.165) is 38.4 Å². The molecule has 4 N–H and O–H groups in total. The summed E-state index contributed by atoms with van der Waals surface area (Å²) in [5.41, 5.74) is 9.88. The van der Waals surface area contributed by atoms with E-state index < -0.39 is 0 Å². The van der Waals surface area contributed by atoms with E-state index >= 15 is 0 Å². The molecule has 0 aromatic carbocycles. The van der Waals surface area contributed by atoms with Crippen molar-refractivity contribution in [1.29, 1.82) is 0 Å². The van der Waals surface area contributed by atoms with Gasteiger partial charge in [-0.1, -0.05) is 24.3 Å². The van der Waals surface area contributed by atoms with Crippen molar-refractivity contribution in [1.82, 2.24) is 20.2 Å². The normalized spacial score (nSPS) is 24.1. The summed E-state index contributed by atoms with van der Waals surface area (Å²) in [5, 5.41) is 7.61. The van der Waals surface area contributed by atoms with Crippen molar-refractivity contribution in [3.63, 3.8) is 0 Å². The molecule has 0 saturated carbocycles. The number of nitrogens with two attached hydrogens (primary N) is 1. The number of allylic oxidation sites excluding steroid dienone is 2. The highest BCUT2D eigenvalue weighted by molar-refractivity contribution is 5.81. The first-order valence-electron chi connectivity index (χ1n) is 9.45. The lowest BCUT2D eigenvalue weighted by atomic mass is 9.92. The third-order valence-corrected chi connectivity index (χ3v) is 4.82. The standard InChI is InChI=1S/C19H25N7O2/c20-17-11-18(24-19(23-17)28-10-7-26-5-8-27-9-6-26)25-22-13-14-12-21-16-4-2-1-3-15(14)16/h1-4,11-13,15-16,21H,5-10H2,(H3,20,23,24,25)/b22-13+. The van der Waals surface area contributed by atoms with Crippen molar-refractivity contribution in [3.8, 4) is 6.01 Å². The average molecular weight is 383 g/mol. The Morgan fingerprint density at radius 3 is 3.07 bits per heavy atom. The number of ether oxygens (including phenoxy) is 2. The maximum absolute atomic E-state index is 5.87. The van der Waals surface area contributed by atoms with Crippen LogP contribution in [0.2, 0.25) is 0 Å². The van der Waals surface area contributed by atoms with Gasteiger partial charge in [0.05, 0.1) is 25.5 Å². The van der Waals surface area contributed by atoms with Crippen LogP contribution in [0, 0.1) is 5.92 Å². The second-order valence-corrected chi connectivity index (χ2v) is 6.77. The minimum Gasteiger partial charge on any atom is -0.462 e. The predicted octanol–water partition coefficient (Wildman–Crippen LogP) is 0.765. The minimum absolute atomic E-state index is 0.244. The molecule has 2 atom stereocenters. The lowest BCUT2D eigenvalue weighted by Crippen LogP contribution is -2.38. The Kier molecular flexibility index (Phi) is 5.83. The number of rotatable bonds is 7. The van der Waals surface area contributed by atoms with E-state index in [4.69, 9.17) is 15.2 Å². The van der Waals surface area contributed by atoms with Crippen LogP contribution in [0.3, 0.4) is 0 Å². The largest absolute Gasteiger partial charge is 0.462 e. The van der Waals surface area contributed by atoms with Gasteiger partial charge in [0.1, 0.15) is 12.4 Å².